The number of nitrogens with two attached hydrogens (primary N) is 1. The van der Waals surface area contributed by atoms with Gasteiger partial charge in [-0.3, -0.25) is 0 Å². The number of nitrogens with zero attached hydrogens (tertiary/aromatic N) is 1. The molecule has 178 valence electrons. The Bertz CT molecular complexity index is 1380. The van der Waals surface area contributed by atoms with Crippen LogP contribution in [0.25, 0.3) is 0 Å². The van der Waals surface area contributed by atoms with Crippen LogP contribution in [0.2, 0.25) is 5.02 Å². The predicted molar refractivity (Wildman–Crippen MR) is 125 cm³/mol. The molecule has 0 radical (unpaired) electrons. The Morgan fingerprint density at radius 3 is 2.66 bits per heavy atom. The third-order valence-corrected chi connectivity index (χ3v) is 5.93. The minimum atomic E-state index is -0.591. The molecule has 2 aliphatic rings. The molecule has 0 saturated carbocycles. The number of rotatable bonds is 6. The number of ether oxygens (including phenoxy) is 5. The monoisotopic (exact) mass is 494 g/mol. The third-order valence-electron chi connectivity index (χ3n) is 5.65. The van der Waals surface area contributed by atoms with E-state index in [0.717, 1.165) is 0 Å². The number of nitriles is 1. The van der Waals surface area contributed by atoms with Crippen molar-refractivity contribution in [1.29, 1.82) is 5.26 Å². The Balaban J connectivity index is 1.57. The van der Waals surface area contributed by atoms with Gasteiger partial charge in [-0.1, -0.05) is 23.7 Å². The molecule has 0 saturated heterocycles. The molecule has 2 N–H and O–H groups in total. The van der Waals surface area contributed by atoms with Gasteiger partial charge in [0.25, 0.3) is 0 Å². The van der Waals surface area contributed by atoms with Crippen molar-refractivity contribution in [3.63, 3.8) is 0 Å². The van der Waals surface area contributed by atoms with E-state index in [2.05, 4.69) is 6.07 Å². The quantitative estimate of drug-likeness (QED) is 0.490. The van der Waals surface area contributed by atoms with Crippen molar-refractivity contribution in [3.8, 4) is 34.8 Å². The fourth-order valence-corrected chi connectivity index (χ4v) is 4.40. The van der Waals surface area contributed by atoms with Crippen LogP contribution in [0.4, 0.5) is 4.39 Å². The summed E-state index contributed by atoms with van der Waals surface area (Å²) in [5.41, 5.74) is 8.30. The SMILES string of the molecule is CCOc1cc([C@@H]2C(C#N)=C(N)Oc3cc4c(cc32)OCO4)cc(Cl)c1OCc1cccc(F)c1. The Morgan fingerprint density at radius 1 is 1.11 bits per heavy atom. The first-order chi connectivity index (χ1) is 17.0. The smallest absolute Gasteiger partial charge is 0.231 e. The van der Waals surface area contributed by atoms with Gasteiger partial charge in [0.2, 0.25) is 12.7 Å². The number of fused-ring (bicyclic) bond motifs is 2. The molecule has 0 aromatic heterocycles. The number of allylic oxidation sites excluding steroid dienone is 1. The standard InChI is InChI=1S/C26H20ClFN2O5/c1-2-31-23-8-15(7-19(27)25(23)32-12-14-4-3-5-16(28)6-14)24-17-9-21-22(34-13-33-21)10-20(17)35-26(30)18(24)11-29/h3-10,24H,2,12-13,30H2,1H3/t24-/m0/s1. The fourth-order valence-electron chi connectivity index (χ4n) is 4.13. The maximum Gasteiger partial charge on any atom is 0.231 e. The van der Waals surface area contributed by atoms with Crippen LogP contribution in [0, 0.1) is 17.1 Å². The molecule has 2 heterocycles. The number of halogens is 2. The molecular formula is C26H20ClFN2O5. The predicted octanol–water partition coefficient (Wildman–Crippen LogP) is 5.40. The maximum atomic E-state index is 13.6. The van der Waals surface area contributed by atoms with Crippen LogP contribution in [0.1, 0.15) is 29.5 Å². The summed E-state index contributed by atoms with van der Waals surface area (Å²) in [6, 6.07) is 15.2. The summed E-state index contributed by atoms with van der Waals surface area (Å²) in [7, 11) is 0. The highest BCUT2D eigenvalue weighted by molar-refractivity contribution is 6.32. The number of hydrogen-bond donors (Lipinski definition) is 1. The van der Waals surface area contributed by atoms with Gasteiger partial charge in [-0.15, -0.1) is 0 Å². The zero-order valence-electron chi connectivity index (χ0n) is 18.6. The van der Waals surface area contributed by atoms with Gasteiger partial charge in [0.15, 0.2) is 23.0 Å². The molecule has 0 aliphatic carbocycles. The molecule has 35 heavy (non-hydrogen) atoms. The van der Waals surface area contributed by atoms with E-state index < -0.39 is 5.92 Å². The van der Waals surface area contributed by atoms with Gasteiger partial charge in [-0.25, -0.2) is 4.39 Å². The highest BCUT2D eigenvalue weighted by Crippen LogP contribution is 2.50. The third kappa shape index (κ3) is 4.27. The van der Waals surface area contributed by atoms with E-state index in [9.17, 15) is 9.65 Å². The first-order valence-electron chi connectivity index (χ1n) is 10.8. The molecule has 0 fully saturated rings. The Kier molecular flexibility index (Phi) is 6.01. The van der Waals surface area contributed by atoms with Crippen LogP contribution < -0.4 is 29.4 Å². The minimum absolute atomic E-state index is 0.00983. The Morgan fingerprint density at radius 2 is 1.91 bits per heavy atom. The van der Waals surface area contributed by atoms with Gasteiger partial charge < -0.3 is 29.4 Å². The molecule has 2 aliphatic heterocycles. The van der Waals surface area contributed by atoms with Crippen LogP contribution in [0.15, 0.2) is 60.0 Å². The molecular weight excluding hydrogens is 475 g/mol. The van der Waals surface area contributed by atoms with E-state index in [1.165, 1.54) is 12.1 Å². The summed E-state index contributed by atoms with van der Waals surface area (Å²) in [5, 5.41) is 10.2. The molecule has 7 nitrogen and oxygen atoms in total. The fraction of sp³-hybridized carbons (Fsp3) is 0.192. The van der Waals surface area contributed by atoms with Crippen LogP contribution in [0.3, 0.4) is 0 Å². The van der Waals surface area contributed by atoms with Crippen molar-refractivity contribution in [2.45, 2.75) is 19.4 Å². The highest BCUT2D eigenvalue weighted by Gasteiger charge is 2.34. The van der Waals surface area contributed by atoms with Crippen molar-refractivity contribution in [2.24, 2.45) is 5.73 Å². The minimum Gasteiger partial charge on any atom is -0.490 e. The first-order valence-corrected chi connectivity index (χ1v) is 11.2. The van der Waals surface area contributed by atoms with E-state index in [-0.39, 0.29) is 35.7 Å². The second kappa shape index (κ2) is 9.28. The lowest BCUT2D eigenvalue weighted by Crippen LogP contribution is -2.21. The first kappa shape index (κ1) is 22.7. The molecule has 0 spiro atoms. The van der Waals surface area contributed by atoms with Gasteiger partial charge in [0.1, 0.15) is 29.8 Å². The van der Waals surface area contributed by atoms with Gasteiger partial charge in [-0.2, -0.15) is 5.26 Å². The topological polar surface area (TPSA) is 96.0 Å². The van der Waals surface area contributed by atoms with Crippen molar-refractivity contribution in [2.75, 3.05) is 13.4 Å². The van der Waals surface area contributed by atoms with E-state index >= 15 is 0 Å². The molecule has 0 unspecified atom stereocenters. The summed E-state index contributed by atoms with van der Waals surface area (Å²) in [4.78, 5) is 0. The van der Waals surface area contributed by atoms with Crippen LogP contribution in [0.5, 0.6) is 28.7 Å². The summed E-state index contributed by atoms with van der Waals surface area (Å²) in [6.45, 7) is 2.37. The van der Waals surface area contributed by atoms with Gasteiger partial charge in [-0.05, 0) is 48.4 Å². The van der Waals surface area contributed by atoms with Crippen LogP contribution >= 0.6 is 11.6 Å². The summed E-state index contributed by atoms with van der Waals surface area (Å²) in [5.74, 6) is 1.27. The summed E-state index contributed by atoms with van der Waals surface area (Å²) >= 11 is 6.65. The lowest BCUT2D eigenvalue weighted by atomic mass is 9.83. The normalized spacial score (nSPS) is 15.8. The van der Waals surface area contributed by atoms with Crippen molar-refractivity contribution < 1.29 is 28.1 Å². The van der Waals surface area contributed by atoms with Crippen molar-refractivity contribution >= 4 is 11.6 Å². The average Bonchev–Trinajstić information content (AvgIpc) is 3.29. The average molecular weight is 495 g/mol. The van der Waals surface area contributed by atoms with E-state index in [1.54, 1.807) is 36.4 Å². The molecule has 5 rings (SSSR count). The second-order valence-corrected chi connectivity index (χ2v) is 8.26. The lowest BCUT2D eigenvalue weighted by molar-refractivity contribution is 0.174. The Hall–Kier alpha value is -4.09. The highest BCUT2D eigenvalue weighted by atomic mass is 35.5. The molecule has 0 bridgehead atoms. The maximum absolute atomic E-state index is 13.6. The van der Waals surface area contributed by atoms with Gasteiger partial charge >= 0.3 is 0 Å². The summed E-state index contributed by atoms with van der Waals surface area (Å²) in [6.07, 6.45) is 0. The van der Waals surface area contributed by atoms with Gasteiger partial charge in [0.05, 0.1) is 17.5 Å². The van der Waals surface area contributed by atoms with Crippen LogP contribution in [-0.4, -0.2) is 13.4 Å². The van der Waals surface area contributed by atoms with Crippen LogP contribution in [-0.2, 0) is 6.61 Å². The van der Waals surface area contributed by atoms with Gasteiger partial charge in [0, 0.05) is 11.6 Å². The zero-order valence-corrected chi connectivity index (χ0v) is 19.4. The zero-order chi connectivity index (χ0) is 24.5. The van der Waals surface area contributed by atoms with E-state index in [4.69, 9.17) is 41.0 Å². The molecule has 1 atom stereocenters. The molecule has 9 heteroatoms. The Labute approximate surface area is 206 Å². The second-order valence-electron chi connectivity index (χ2n) is 7.85. The lowest BCUT2D eigenvalue weighted by Gasteiger charge is -2.27. The van der Waals surface area contributed by atoms with Crippen molar-refractivity contribution in [3.05, 3.63) is 87.5 Å². The molecule has 3 aromatic rings. The molecule has 3 aromatic carbocycles. The number of benzene rings is 3. The molecule has 0 amide bonds. The number of hydrogen-bond acceptors (Lipinski definition) is 7. The van der Waals surface area contributed by atoms with E-state index in [1.807, 2.05) is 6.92 Å². The van der Waals surface area contributed by atoms with E-state index in [0.29, 0.717) is 52.0 Å². The largest absolute Gasteiger partial charge is 0.490 e. The summed E-state index contributed by atoms with van der Waals surface area (Å²) < 4.78 is 42.0. The van der Waals surface area contributed by atoms with Crippen molar-refractivity contribution in [1.82, 2.24) is 0 Å².